The van der Waals surface area contributed by atoms with Crippen molar-refractivity contribution < 1.29 is 93.2 Å². The van der Waals surface area contributed by atoms with Crippen molar-refractivity contribution >= 4 is 95.9 Å². The molecule has 6 aromatic heterocycles. The first-order valence-corrected chi connectivity index (χ1v) is 31.9. The number of benzene rings is 3. The minimum absolute atomic E-state index is 0.293. The summed E-state index contributed by atoms with van der Waals surface area (Å²) in [5.41, 5.74) is -10.8. The number of fused-ring (bicyclic) bond motifs is 6. The van der Waals surface area contributed by atoms with Crippen molar-refractivity contribution in [3.05, 3.63) is 161 Å². The number of aliphatic hydroxyl groups excluding tert-OH is 2. The molecule has 44 heteroatoms. The zero-order chi connectivity index (χ0) is 66.4. The van der Waals surface area contributed by atoms with Crippen LogP contribution in [0.15, 0.2) is 93.9 Å². The summed E-state index contributed by atoms with van der Waals surface area (Å²) in [6.07, 6.45) is 0. The van der Waals surface area contributed by atoms with E-state index < -0.39 is 263 Å². The topological polar surface area (TPSA) is 522 Å². The summed E-state index contributed by atoms with van der Waals surface area (Å²) in [6, 6.07) is 5.27. The van der Waals surface area contributed by atoms with Crippen LogP contribution in [0.5, 0.6) is 0 Å². The van der Waals surface area contributed by atoms with E-state index in [2.05, 4.69) is 9.05 Å². The van der Waals surface area contributed by atoms with E-state index in [4.69, 9.17) is 27.1 Å². The van der Waals surface area contributed by atoms with Crippen molar-refractivity contribution in [1.29, 1.82) is 0 Å². The van der Waals surface area contributed by atoms with Crippen LogP contribution in [0.25, 0.3) is 64.6 Å². The van der Waals surface area contributed by atoms with Crippen LogP contribution >= 0.6 is 31.3 Å². The van der Waals surface area contributed by atoms with Gasteiger partial charge in [-0.3, -0.25) is 107 Å². The summed E-state index contributed by atoms with van der Waals surface area (Å²) < 4.78 is 116. The molecule has 6 atom stereocenters. The third kappa shape index (κ3) is 13.8. The number of hydrogen-bond acceptors (Lipinski definition) is 28. The van der Waals surface area contributed by atoms with Gasteiger partial charge in [0, 0.05) is 38.1 Å². The van der Waals surface area contributed by atoms with Crippen LogP contribution in [0.4, 0.5) is 8.96 Å². The number of phosphoric acid groups is 4. The summed E-state index contributed by atoms with van der Waals surface area (Å²) in [5.74, 6) is -1.92. The molecular weight excluding hydrogens is 1320 g/mol. The zero-order valence-corrected chi connectivity index (χ0v) is 49.5. The number of hydrogen-bond donors (Lipinski definition) is 8. The summed E-state index contributed by atoms with van der Waals surface area (Å²) in [5, 5.41) is 13.2. The highest BCUT2D eigenvalue weighted by molar-refractivity contribution is 7.48. The molecule has 0 aliphatic carbocycles. The second kappa shape index (κ2) is 26.7. The standard InChI is InChI=1S/C47H46F2N8O30P4/c48-50-13-22(15-58)17-83-88(72,73)80-4-1-52-36(60)24-7-30-31(8-25(24)37(52)61)43(67)55(42(30)66)19-85-89(74,75)81-5-2-53-38(62)26-9-32-33(10-27(26)39(53)63)45(69)56(44(32)68)20-86-90(76,77)82-6-3-54-40(64)28-11-34-35(12-29(28)41(54)65)47(71)57(46(34)70)21-87-91(78,79)84-18-23(16-59)14-51-49/h7-12,22-23,50-51,58-59H,1-6,13-21H2,(H,72,73)(H,74,75)(H,76,77)(H,78,79). The maximum absolute atomic E-state index is 13.4. The van der Waals surface area contributed by atoms with Crippen LogP contribution in [0.1, 0.15) is 0 Å². The molecule has 0 saturated heterocycles. The predicted octanol–water partition coefficient (Wildman–Crippen LogP) is -3.66. The molecule has 0 radical (unpaired) electrons. The van der Waals surface area contributed by atoms with Crippen LogP contribution in [0.2, 0.25) is 0 Å². The maximum atomic E-state index is 13.4. The van der Waals surface area contributed by atoms with Gasteiger partial charge in [0.05, 0.1) is 117 Å². The van der Waals surface area contributed by atoms with E-state index in [1.807, 2.05) is 0 Å². The number of halogens is 2. The Morgan fingerprint density at radius 1 is 0.330 bits per heavy atom. The molecule has 6 heterocycles. The van der Waals surface area contributed by atoms with Gasteiger partial charge in [-0.15, -0.1) is 8.96 Å². The van der Waals surface area contributed by atoms with Gasteiger partial charge in [0.1, 0.15) is 20.2 Å². The Bertz CT molecular complexity index is 5030. The molecular formula is C47H46F2N8O30P4. The van der Waals surface area contributed by atoms with E-state index in [0.29, 0.717) is 27.4 Å². The molecule has 38 nitrogen and oxygen atoms in total. The molecule has 3 aromatic carbocycles. The van der Waals surface area contributed by atoms with Crippen LogP contribution < -0.4 is 77.8 Å². The maximum Gasteiger partial charge on any atom is 0.473 e. The lowest BCUT2D eigenvalue weighted by molar-refractivity contribution is 0.0840. The average Bonchev–Trinajstić information content (AvgIpc) is 1.61. The molecule has 0 spiro atoms. The summed E-state index contributed by atoms with van der Waals surface area (Å²) in [7, 11) is -20.4. The zero-order valence-electron chi connectivity index (χ0n) is 45.9. The smallest absolute Gasteiger partial charge is 0.396 e. The molecule has 6 unspecified atom stereocenters. The van der Waals surface area contributed by atoms with Gasteiger partial charge in [0.25, 0.3) is 66.7 Å². The van der Waals surface area contributed by atoms with Gasteiger partial charge in [-0.2, -0.15) is 11.1 Å². The van der Waals surface area contributed by atoms with E-state index in [-0.39, 0.29) is 10.8 Å². The Balaban J connectivity index is 0.797. The molecule has 0 saturated carbocycles. The molecule has 0 fully saturated rings. The molecule has 9 rings (SSSR count). The van der Waals surface area contributed by atoms with Crippen LogP contribution in [-0.2, 0) is 94.3 Å². The van der Waals surface area contributed by atoms with Crippen molar-refractivity contribution in [3.8, 4) is 0 Å². The second-order valence-corrected chi connectivity index (χ2v) is 25.6. The highest BCUT2D eigenvalue weighted by atomic mass is 31.2. The molecule has 9 aromatic rings. The normalized spacial score (nSPS) is 15.8. The molecule has 0 aliphatic heterocycles. The highest BCUT2D eigenvalue weighted by Crippen LogP contribution is 2.46. The van der Waals surface area contributed by atoms with Crippen molar-refractivity contribution in [3.63, 3.8) is 0 Å². The van der Waals surface area contributed by atoms with Gasteiger partial charge in [-0.05, 0) is 36.4 Å². The molecule has 91 heavy (non-hydrogen) atoms. The van der Waals surface area contributed by atoms with Crippen LogP contribution in [0.3, 0.4) is 0 Å². The Hall–Kier alpha value is -7.36. The predicted molar refractivity (Wildman–Crippen MR) is 306 cm³/mol. The summed E-state index contributed by atoms with van der Waals surface area (Å²) in [6.45, 7) is -11.9. The number of phosphoric ester groups is 4. The first-order valence-electron chi connectivity index (χ1n) is 26.0. The quantitative estimate of drug-likeness (QED) is 0.0145. The number of aliphatic hydroxyl groups is 2. The van der Waals surface area contributed by atoms with E-state index in [1.54, 1.807) is 0 Å². The third-order valence-corrected chi connectivity index (χ3v) is 17.9. The van der Waals surface area contributed by atoms with Gasteiger partial charge < -0.3 is 29.8 Å². The van der Waals surface area contributed by atoms with Crippen LogP contribution in [-0.4, -0.2) is 117 Å². The molecule has 0 amide bonds. The minimum Gasteiger partial charge on any atom is -0.396 e. The Morgan fingerprint density at radius 2 is 0.516 bits per heavy atom. The summed E-state index contributed by atoms with van der Waals surface area (Å²) in [4.78, 5) is 200. The van der Waals surface area contributed by atoms with Crippen molar-refractivity contribution in [2.24, 2.45) is 11.8 Å². The molecule has 0 aliphatic rings. The lowest BCUT2D eigenvalue weighted by Crippen LogP contribution is -2.28. The van der Waals surface area contributed by atoms with E-state index in [1.165, 1.54) is 11.1 Å². The van der Waals surface area contributed by atoms with Gasteiger partial charge in [-0.25, -0.2) is 32.0 Å². The fraction of sp³-hybridized carbons (Fsp3) is 0.362. The SMILES string of the molecule is O=c1c2cc3c(=O)n(COP(=O)(O)OCCn4c(=O)c5cc6c(=O)n(COP(=O)(O)OCCn7c(=O)c8cc9c(=O)n(COP(=O)(O)OCC(CO)CNF)c(=O)c9cc8c7=O)c(=O)c6cc5c4=O)c(=O)c3cc2c(=O)n1CCOP(=O)(O)OCC(CO)CNF. The molecule has 488 valence electrons. The second-order valence-electron chi connectivity index (χ2n) is 19.7. The Morgan fingerprint density at radius 3 is 0.714 bits per heavy atom. The van der Waals surface area contributed by atoms with Gasteiger partial charge in [-0.1, -0.05) is 0 Å². The van der Waals surface area contributed by atoms with Gasteiger partial charge >= 0.3 is 31.3 Å². The third-order valence-electron chi connectivity index (χ3n) is 14.1. The van der Waals surface area contributed by atoms with Crippen molar-refractivity contribution in [1.82, 2.24) is 38.5 Å². The fourth-order valence-corrected chi connectivity index (χ4v) is 12.3. The summed E-state index contributed by atoms with van der Waals surface area (Å²) >= 11 is 0. The van der Waals surface area contributed by atoms with Crippen molar-refractivity contribution in [2.75, 3.05) is 59.3 Å². The first kappa shape index (κ1) is 68.0. The number of nitrogens with one attached hydrogen (secondary N) is 2. The van der Waals surface area contributed by atoms with Crippen LogP contribution in [0, 0.1) is 11.8 Å². The number of aromatic nitrogens is 6. The highest BCUT2D eigenvalue weighted by Gasteiger charge is 2.31. The monoisotopic (exact) mass is 1360 g/mol. The van der Waals surface area contributed by atoms with Gasteiger partial charge in [0.15, 0.2) is 0 Å². The van der Waals surface area contributed by atoms with E-state index in [0.717, 1.165) is 36.4 Å². The number of rotatable bonds is 33. The lowest BCUT2D eigenvalue weighted by atomic mass is 10.1. The number of nitrogens with zero attached hydrogens (tertiary/aromatic N) is 6. The molecule has 0 bridgehead atoms. The molecule has 8 N–H and O–H groups in total. The minimum atomic E-state index is -5.28. The van der Waals surface area contributed by atoms with Crippen molar-refractivity contribution in [2.45, 2.75) is 39.8 Å². The largest absolute Gasteiger partial charge is 0.473 e. The Labute approximate surface area is 497 Å². The fourth-order valence-electron chi connectivity index (χ4n) is 9.43. The van der Waals surface area contributed by atoms with E-state index in [9.17, 15) is 115 Å². The average molecular weight is 1360 g/mol. The van der Waals surface area contributed by atoms with E-state index >= 15 is 0 Å². The Kier molecular flexibility index (Phi) is 20.0. The first-order chi connectivity index (χ1) is 42.9. The lowest BCUT2D eigenvalue weighted by Gasteiger charge is -2.16. The van der Waals surface area contributed by atoms with Gasteiger partial charge in [0.2, 0.25) is 0 Å².